The second-order valence-electron chi connectivity index (χ2n) is 9.08. The average Bonchev–Trinajstić information content (AvgIpc) is 3.63. The summed E-state index contributed by atoms with van der Waals surface area (Å²) in [5.74, 6) is -0.0488. The van der Waals surface area contributed by atoms with Gasteiger partial charge in [0.25, 0.3) is 11.6 Å². The topological polar surface area (TPSA) is 167 Å². The van der Waals surface area contributed by atoms with Crippen molar-refractivity contribution in [2.75, 3.05) is 13.2 Å². The molecular weight excluding hydrogens is 560 g/mol. The fourth-order valence-corrected chi connectivity index (χ4v) is 5.24. The van der Waals surface area contributed by atoms with Gasteiger partial charge in [-0.15, -0.1) is 11.3 Å². The van der Waals surface area contributed by atoms with Crippen molar-refractivity contribution in [2.45, 2.75) is 31.6 Å². The van der Waals surface area contributed by atoms with Crippen molar-refractivity contribution >= 4 is 50.8 Å². The molecule has 11 nitrogen and oxygen atoms in total. The van der Waals surface area contributed by atoms with Gasteiger partial charge in [0.15, 0.2) is 0 Å². The summed E-state index contributed by atoms with van der Waals surface area (Å²) in [5, 5.41) is 34.3. The van der Waals surface area contributed by atoms with Crippen molar-refractivity contribution in [3.8, 4) is 0 Å². The summed E-state index contributed by atoms with van der Waals surface area (Å²) >= 11 is 7.40. The zero-order chi connectivity index (χ0) is 28.6. The Balaban J connectivity index is 0.000000186. The number of fused-ring (bicyclic) bond motifs is 2. The van der Waals surface area contributed by atoms with E-state index in [-0.39, 0.29) is 30.8 Å². The van der Waals surface area contributed by atoms with Gasteiger partial charge in [0.2, 0.25) is 0 Å². The van der Waals surface area contributed by atoms with Gasteiger partial charge in [-0.25, -0.2) is 4.79 Å². The molecule has 5 N–H and O–H groups in total. The van der Waals surface area contributed by atoms with Crippen molar-refractivity contribution < 1.29 is 29.5 Å². The summed E-state index contributed by atoms with van der Waals surface area (Å²) < 4.78 is 5.54. The molecule has 40 heavy (non-hydrogen) atoms. The minimum Gasteiger partial charge on any atom is -0.445 e. The number of benzene rings is 2. The van der Waals surface area contributed by atoms with Crippen molar-refractivity contribution in [3.63, 3.8) is 0 Å². The van der Waals surface area contributed by atoms with Gasteiger partial charge < -0.3 is 30.6 Å². The summed E-state index contributed by atoms with van der Waals surface area (Å²) in [5.41, 5.74) is 3.83. The van der Waals surface area contributed by atoms with Crippen LogP contribution in [-0.4, -0.2) is 57.4 Å². The molecule has 0 saturated carbocycles. The molecule has 210 valence electrons. The number of ether oxygens (including phenoxy) is 1. The molecule has 0 saturated heterocycles. The number of amides is 2. The highest BCUT2D eigenvalue weighted by atomic mass is 35.5. The minimum absolute atomic E-state index is 0.0423. The molecule has 4 aromatic rings. The Labute approximate surface area is 237 Å². The maximum atomic E-state index is 12.3. The number of halogens is 1. The predicted octanol–water partition coefficient (Wildman–Crippen LogP) is 3.95. The largest absolute Gasteiger partial charge is 0.445 e. The highest BCUT2D eigenvalue weighted by Gasteiger charge is 2.23. The predicted molar refractivity (Wildman–Crippen MR) is 151 cm³/mol. The first-order valence-corrected chi connectivity index (χ1v) is 13.5. The number of carbonyl (C=O) groups excluding carboxylic acids is 2. The van der Waals surface area contributed by atoms with Crippen LogP contribution in [0.15, 0.2) is 60.7 Å². The number of H-pyrrole nitrogens is 1. The third-order valence-corrected chi connectivity index (χ3v) is 7.31. The number of hydrogen-bond donors (Lipinski definition) is 5. The van der Waals surface area contributed by atoms with Crippen molar-refractivity contribution in [2.24, 2.45) is 0 Å². The first-order chi connectivity index (χ1) is 19.2. The summed E-state index contributed by atoms with van der Waals surface area (Å²) in [6.07, 6.45) is 0.0313. The average molecular weight is 587 g/mol. The van der Waals surface area contributed by atoms with E-state index in [1.54, 1.807) is 0 Å². The lowest BCUT2D eigenvalue weighted by molar-refractivity contribution is -0.384. The summed E-state index contributed by atoms with van der Waals surface area (Å²) in [6.45, 7) is -0.614. The monoisotopic (exact) mass is 586 g/mol. The smallest absolute Gasteiger partial charge is 0.407 e. The second-order valence-corrected chi connectivity index (χ2v) is 10.8. The van der Waals surface area contributed by atoms with Gasteiger partial charge >= 0.3 is 6.09 Å². The minimum atomic E-state index is -1.04. The van der Waals surface area contributed by atoms with Gasteiger partial charge in [0.05, 0.1) is 22.0 Å². The first kappa shape index (κ1) is 29.0. The number of nitrogens with one attached hydrogen (secondary N) is 3. The normalized spacial score (nSPS) is 13.2. The lowest BCUT2D eigenvalue weighted by atomic mass is 10.1. The molecule has 1 atom stereocenters. The zero-order valence-electron chi connectivity index (χ0n) is 21.1. The molecule has 0 spiro atoms. The Kier molecular flexibility index (Phi) is 9.72. The maximum Gasteiger partial charge on any atom is 0.407 e. The number of aromatic amines is 1. The standard InChI is InChI=1S/C16H13ClN2OS.C11H14N2O6/c17-14-8-11-7-13(19-16(11)21-14)15(20)18-12-5-9-3-1-2-4-10(9)6-12;14-6-10(15)5-12-11(16)19-7-8-1-3-9(4-2-8)13(17)18/h1-4,7-8,12,19H,5-6H2,(H,18,20);1-4,10,14-15H,5-7H2,(H,12,16). The number of alkyl carbamates (subject to hydrolysis) is 1. The number of aromatic nitrogens is 1. The number of hydrogen-bond acceptors (Lipinski definition) is 8. The van der Waals surface area contributed by atoms with Crippen LogP contribution in [0.2, 0.25) is 4.34 Å². The van der Waals surface area contributed by atoms with E-state index in [9.17, 15) is 19.7 Å². The maximum absolute atomic E-state index is 12.3. The molecule has 0 fully saturated rings. The highest BCUT2D eigenvalue weighted by molar-refractivity contribution is 7.22. The van der Waals surface area contributed by atoms with Gasteiger partial charge in [0.1, 0.15) is 17.1 Å². The molecule has 1 aliphatic carbocycles. The molecule has 1 aliphatic rings. The van der Waals surface area contributed by atoms with Crippen molar-refractivity contribution in [1.82, 2.24) is 15.6 Å². The number of thiophene rings is 1. The van der Waals surface area contributed by atoms with Crippen LogP contribution in [0.3, 0.4) is 0 Å². The molecular formula is C27H27ClN4O7S. The van der Waals surface area contributed by atoms with Crippen LogP contribution in [0, 0.1) is 10.1 Å². The Morgan fingerprint density at radius 2 is 1.82 bits per heavy atom. The molecule has 1 unspecified atom stereocenters. The van der Waals surface area contributed by atoms with Crippen LogP contribution >= 0.6 is 22.9 Å². The number of nitrogens with zero attached hydrogens (tertiary/aromatic N) is 1. The van der Waals surface area contributed by atoms with E-state index in [0.29, 0.717) is 11.3 Å². The molecule has 5 rings (SSSR count). The van der Waals surface area contributed by atoms with Crippen molar-refractivity contribution in [1.29, 1.82) is 0 Å². The number of aliphatic hydroxyl groups is 2. The van der Waals surface area contributed by atoms with E-state index in [0.717, 1.165) is 27.4 Å². The van der Waals surface area contributed by atoms with Crippen LogP contribution < -0.4 is 10.6 Å². The molecule has 2 amide bonds. The third-order valence-electron chi connectivity index (χ3n) is 6.12. The lowest BCUT2D eigenvalue weighted by Gasteiger charge is -2.10. The van der Waals surface area contributed by atoms with E-state index in [4.69, 9.17) is 26.6 Å². The Hall–Kier alpha value is -3.97. The molecule has 0 bridgehead atoms. The van der Waals surface area contributed by atoms with Crippen molar-refractivity contribution in [3.05, 3.63) is 97.5 Å². The third kappa shape index (κ3) is 7.79. The first-order valence-electron chi connectivity index (χ1n) is 12.3. The van der Waals surface area contributed by atoms with Crippen LogP contribution in [0.1, 0.15) is 27.2 Å². The van der Waals surface area contributed by atoms with Crippen LogP contribution in [-0.2, 0) is 24.2 Å². The van der Waals surface area contributed by atoms with E-state index in [1.165, 1.54) is 46.7 Å². The Morgan fingerprint density at radius 1 is 1.15 bits per heavy atom. The van der Waals surface area contributed by atoms with Gasteiger partial charge in [-0.3, -0.25) is 14.9 Å². The van der Waals surface area contributed by atoms with Gasteiger partial charge in [-0.05, 0) is 53.8 Å². The van der Waals surface area contributed by atoms with Gasteiger partial charge in [-0.1, -0.05) is 35.9 Å². The fraction of sp³-hybridized carbons (Fsp3) is 0.259. The highest BCUT2D eigenvalue weighted by Crippen LogP contribution is 2.29. The summed E-state index contributed by atoms with van der Waals surface area (Å²) in [4.78, 5) is 37.5. The number of carbonyl (C=O) groups is 2. The fourth-order valence-electron chi connectivity index (χ4n) is 4.12. The van der Waals surface area contributed by atoms with E-state index >= 15 is 0 Å². The van der Waals surface area contributed by atoms with E-state index in [1.807, 2.05) is 24.3 Å². The number of nitro groups is 1. The molecule has 2 heterocycles. The Morgan fingerprint density at radius 3 is 2.42 bits per heavy atom. The zero-order valence-corrected chi connectivity index (χ0v) is 22.7. The lowest BCUT2D eigenvalue weighted by Crippen LogP contribution is -2.35. The molecule has 0 aliphatic heterocycles. The van der Waals surface area contributed by atoms with Gasteiger partial charge in [-0.2, -0.15) is 0 Å². The second kappa shape index (κ2) is 13.4. The Bertz CT molecular complexity index is 1430. The van der Waals surface area contributed by atoms with E-state index in [2.05, 4.69) is 27.8 Å². The van der Waals surface area contributed by atoms with E-state index < -0.39 is 23.7 Å². The molecule has 2 aromatic carbocycles. The van der Waals surface area contributed by atoms with Crippen LogP contribution in [0.4, 0.5) is 10.5 Å². The quantitative estimate of drug-likeness (QED) is 0.154. The summed E-state index contributed by atoms with van der Waals surface area (Å²) in [7, 11) is 0. The van der Waals surface area contributed by atoms with Crippen LogP contribution in [0.5, 0.6) is 0 Å². The number of non-ortho nitro benzene ring substituents is 1. The molecule has 2 aromatic heterocycles. The van der Waals surface area contributed by atoms with Crippen LogP contribution in [0.25, 0.3) is 10.2 Å². The molecule has 0 radical (unpaired) electrons. The number of aliphatic hydroxyl groups excluding tert-OH is 2. The number of nitro benzene ring substituents is 1. The number of rotatable bonds is 8. The SMILES string of the molecule is O=C(NC1Cc2ccccc2C1)c1cc2cc(Cl)sc2[nH]1.O=C(NCC(O)CO)OCc1ccc([N+](=O)[O-])cc1. The molecule has 13 heteroatoms. The summed E-state index contributed by atoms with van der Waals surface area (Å²) in [6, 6.07) is 17.9. The van der Waals surface area contributed by atoms with Gasteiger partial charge in [0, 0.05) is 30.1 Å².